The Hall–Kier alpha value is -0.720. The molecule has 2 N–H and O–H groups in total. The van der Waals surface area contributed by atoms with Gasteiger partial charge in [-0.3, -0.25) is 0 Å². The first-order chi connectivity index (χ1) is 8.76. The van der Waals surface area contributed by atoms with Gasteiger partial charge in [-0.05, 0) is 41.9 Å². The zero-order valence-corrected chi connectivity index (χ0v) is 12.2. The van der Waals surface area contributed by atoms with Crippen LogP contribution in [-0.4, -0.2) is 43.3 Å². The summed E-state index contributed by atoms with van der Waals surface area (Å²) in [7, 11) is 1.77. The topological polar surface area (TPSA) is 59.1 Å². The zero-order valence-electron chi connectivity index (χ0n) is 10.6. The van der Waals surface area contributed by atoms with Crippen LogP contribution in [-0.2, 0) is 4.74 Å². The van der Waals surface area contributed by atoms with Gasteiger partial charge >= 0.3 is 0 Å². The molecule has 1 aliphatic heterocycles. The van der Waals surface area contributed by atoms with Crippen LogP contribution in [0.4, 0.5) is 5.82 Å². The molecule has 1 saturated heterocycles. The van der Waals surface area contributed by atoms with Gasteiger partial charge in [0.1, 0.15) is 12.1 Å². The van der Waals surface area contributed by atoms with E-state index < -0.39 is 0 Å². The summed E-state index contributed by atoms with van der Waals surface area (Å²) in [4.78, 5) is 8.19. The van der Waals surface area contributed by atoms with Gasteiger partial charge < -0.3 is 15.4 Å². The number of anilines is 1. The Labute approximate surface area is 116 Å². The molecule has 0 saturated carbocycles. The maximum atomic E-state index is 5.39. The largest absolute Gasteiger partial charge is 0.384 e. The smallest absolute Gasteiger partial charge is 0.143 e. The fraction of sp³-hybridized carbons (Fsp3) is 0.667. The average molecular weight is 315 g/mol. The van der Waals surface area contributed by atoms with E-state index in [9.17, 15) is 0 Å². The second-order valence-corrected chi connectivity index (χ2v) is 5.61. The van der Waals surface area contributed by atoms with Crippen molar-refractivity contribution in [3.05, 3.63) is 17.0 Å². The maximum absolute atomic E-state index is 5.39. The number of aromatic nitrogens is 2. The van der Waals surface area contributed by atoms with Crippen molar-refractivity contribution < 1.29 is 4.74 Å². The highest BCUT2D eigenvalue weighted by atomic mass is 79.9. The Bertz CT molecular complexity index is 377. The molecule has 100 valence electrons. The van der Waals surface area contributed by atoms with Crippen molar-refractivity contribution in [3.8, 4) is 0 Å². The number of hydrogen-bond acceptors (Lipinski definition) is 5. The standard InChI is InChI=1S/C12H19BrN4O/c1-18-8-12(2-4-14-5-3-12)7-16-11-10(13)6-15-9-17-11/h6,9,14H,2-5,7-8H2,1H3,(H,15,16,17). The first-order valence-electron chi connectivity index (χ1n) is 6.15. The van der Waals surface area contributed by atoms with Crippen molar-refractivity contribution in [1.82, 2.24) is 15.3 Å². The molecule has 2 rings (SSSR count). The third-order valence-electron chi connectivity index (χ3n) is 3.41. The van der Waals surface area contributed by atoms with Gasteiger partial charge in [-0.25, -0.2) is 9.97 Å². The van der Waals surface area contributed by atoms with Gasteiger partial charge in [0.2, 0.25) is 0 Å². The Balaban J connectivity index is 1.99. The van der Waals surface area contributed by atoms with Crippen LogP contribution in [0.15, 0.2) is 17.0 Å². The molecule has 2 heterocycles. The van der Waals surface area contributed by atoms with Crippen LogP contribution in [0, 0.1) is 5.41 Å². The predicted octanol–water partition coefficient (Wildman–Crippen LogP) is 1.67. The molecule has 0 aliphatic carbocycles. The van der Waals surface area contributed by atoms with E-state index >= 15 is 0 Å². The minimum atomic E-state index is 0.199. The van der Waals surface area contributed by atoms with Gasteiger partial charge in [0, 0.05) is 25.3 Å². The SMILES string of the molecule is COCC1(CNc2ncncc2Br)CCNCC1. The molecule has 6 heteroatoms. The average Bonchev–Trinajstić information content (AvgIpc) is 2.39. The minimum absolute atomic E-state index is 0.199. The number of hydrogen-bond donors (Lipinski definition) is 2. The molecule has 5 nitrogen and oxygen atoms in total. The first kappa shape index (κ1) is 13.7. The van der Waals surface area contributed by atoms with Crippen LogP contribution < -0.4 is 10.6 Å². The Morgan fingerprint density at radius 1 is 1.50 bits per heavy atom. The summed E-state index contributed by atoms with van der Waals surface area (Å²) in [5.74, 6) is 0.846. The van der Waals surface area contributed by atoms with E-state index in [1.54, 1.807) is 19.6 Å². The van der Waals surface area contributed by atoms with Gasteiger partial charge in [0.25, 0.3) is 0 Å². The summed E-state index contributed by atoms with van der Waals surface area (Å²) in [6, 6.07) is 0. The lowest BCUT2D eigenvalue weighted by Crippen LogP contribution is -2.44. The van der Waals surface area contributed by atoms with Crippen LogP contribution in [0.25, 0.3) is 0 Å². The van der Waals surface area contributed by atoms with Crippen LogP contribution in [0.3, 0.4) is 0 Å². The number of ether oxygens (including phenoxy) is 1. The molecule has 1 aliphatic rings. The summed E-state index contributed by atoms with van der Waals surface area (Å²) in [6.45, 7) is 3.76. The summed E-state index contributed by atoms with van der Waals surface area (Å²) in [6.07, 6.45) is 5.55. The molecule has 18 heavy (non-hydrogen) atoms. The Kier molecular flexibility index (Phi) is 4.91. The highest BCUT2D eigenvalue weighted by molar-refractivity contribution is 9.10. The molecule has 1 fully saturated rings. The van der Waals surface area contributed by atoms with Crippen molar-refractivity contribution in [2.75, 3.05) is 38.7 Å². The van der Waals surface area contributed by atoms with E-state index in [1.807, 2.05) is 0 Å². The van der Waals surface area contributed by atoms with E-state index in [0.717, 1.165) is 49.4 Å². The van der Waals surface area contributed by atoms with E-state index in [1.165, 1.54) is 0 Å². The molecule has 0 aromatic carbocycles. The van der Waals surface area contributed by atoms with Crippen molar-refractivity contribution in [1.29, 1.82) is 0 Å². The van der Waals surface area contributed by atoms with Gasteiger partial charge in [-0.2, -0.15) is 0 Å². The quantitative estimate of drug-likeness (QED) is 0.865. The van der Waals surface area contributed by atoms with Gasteiger partial charge in [-0.1, -0.05) is 0 Å². The van der Waals surface area contributed by atoms with Crippen molar-refractivity contribution in [2.24, 2.45) is 5.41 Å². The maximum Gasteiger partial charge on any atom is 0.143 e. The third kappa shape index (κ3) is 3.40. The number of nitrogens with one attached hydrogen (secondary N) is 2. The molecule has 0 radical (unpaired) electrons. The van der Waals surface area contributed by atoms with Crippen molar-refractivity contribution >= 4 is 21.7 Å². The van der Waals surface area contributed by atoms with Crippen molar-refractivity contribution in [3.63, 3.8) is 0 Å². The zero-order chi connectivity index (χ0) is 12.8. The normalized spacial score (nSPS) is 18.6. The molecule has 1 aromatic heterocycles. The lowest BCUT2D eigenvalue weighted by Gasteiger charge is -2.37. The molecule has 0 spiro atoms. The van der Waals surface area contributed by atoms with Crippen molar-refractivity contribution in [2.45, 2.75) is 12.8 Å². The molecule has 0 amide bonds. The minimum Gasteiger partial charge on any atom is -0.384 e. The molecule has 1 aromatic rings. The molecule has 0 bridgehead atoms. The summed E-state index contributed by atoms with van der Waals surface area (Å²) in [5.41, 5.74) is 0.199. The Morgan fingerprint density at radius 3 is 2.94 bits per heavy atom. The molecule has 0 unspecified atom stereocenters. The molecule has 0 atom stereocenters. The van der Waals surface area contributed by atoms with E-state index in [0.29, 0.717) is 0 Å². The lowest BCUT2D eigenvalue weighted by molar-refractivity contribution is 0.0635. The fourth-order valence-electron chi connectivity index (χ4n) is 2.35. The van der Waals surface area contributed by atoms with Crippen LogP contribution in [0.2, 0.25) is 0 Å². The molecular weight excluding hydrogens is 296 g/mol. The monoisotopic (exact) mass is 314 g/mol. The second-order valence-electron chi connectivity index (χ2n) is 4.76. The molecular formula is C12H19BrN4O. The first-order valence-corrected chi connectivity index (χ1v) is 6.94. The summed E-state index contributed by atoms with van der Waals surface area (Å²) >= 11 is 3.45. The van der Waals surface area contributed by atoms with Gasteiger partial charge in [0.15, 0.2) is 0 Å². The number of piperidine rings is 1. The second kappa shape index (κ2) is 6.45. The highest BCUT2D eigenvalue weighted by Gasteiger charge is 2.32. The van der Waals surface area contributed by atoms with Crippen LogP contribution in [0.1, 0.15) is 12.8 Å². The summed E-state index contributed by atoms with van der Waals surface area (Å²) < 4.78 is 6.29. The lowest BCUT2D eigenvalue weighted by atomic mass is 9.79. The van der Waals surface area contributed by atoms with E-state index in [2.05, 4.69) is 36.5 Å². The van der Waals surface area contributed by atoms with E-state index in [-0.39, 0.29) is 5.41 Å². The van der Waals surface area contributed by atoms with Gasteiger partial charge in [-0.15, -0.1) is 0 Å². The van der Waals surface area contributed by atoms with Crippen LogP contribution >= 0.6 is 15.9 Å². The van der Waals surface area contributed by atoms with Crippen LogP contribution in [0.5, 0.6) is 0 Å². The third-order valence-corrected chi connectivity index (χ3v) is 3.99. The number of halogens is 1. The van der Waals surface area contributed by atoms with Gasteiger partial charge in [0.05, 0.1) is 11.1 Å². The highest BCUT2D eigenvalue weighted by Crippen LogP contribution is 2.30. The summed E-state index contributed by atoms with van der Waals surface area (Å²) in [5, 5.41) is 6.79. The predicted molar refractivity (Wildman–Crippen MR) is 74.6 cm³/mol. The fourth-order valence-corrected chi connectivity index (χ4v) is 2.71. The number of nitrogens with zero attached hydrogens (tertiary/aromatic N) is 2. The Morgan fingerprint density at radius 2 is 2.28 bits per heavy atom. The van der Waals surface area contributed by atoms with E-state index in [4.69, 9.17) is 4.74 Å². The number of methoxy groups -OCH3 is 1. The number of rotatable bonds is 5.